The second-order valence-electron chi connectivity index (χ2n) is 8.05. The lowest BCUT2D eigenvalue weighted by Crippen LogP contribution is -2.39. The van der Waals surface area contributed by atoms with Crippen molar-refractivity contribution in [1.29, 1.82) is 0 Å². The van der Waals surface area contributed by atoms with Gasteiger partial charge in [-0.05, 0) is 69.5 Å². The first-order chi connectivity index (χ1) is 14.7. The fourth-order valence-electron chi connectivity index (χ4n) is 3.13. The summed E-state index contributed by atoms with van der Waals surface area (Å²) in [4.78, 5) is 12.0. The molecule has 2 aromatic rings. The first-order valence-electron chi connectivity index (χ1n) is 10.5. The third kappa shape index (κ3) is 7.24. The number of nitrogens with one attached hydrogen (secondary N) is 1. The Hall–Kier alpha value is -2.61. The number of benzene rings is 2. The maximum atomic E-state index is 12.0. The molecular weight excluding hydrogens is 398 g/mol. The van der Waals surface area contributed by atoms with E-state index in [1.807, 2.05) is 31.2 Å². The number of esters is 1. The summed E-state index contributed by atoms with van der Waals surface area (Å²) in [5.74, 6) is 0.192. The lowest BCUT2D eigenvalue weighted by Gasteiger charge is -2.24. The van der Waals surface area contributed by atoms with E-state index in [1.54, 1.807) is 32.9 Å². The molecule has 0 amide bonds. The summed E-state index contributed by atoms with van der Waals surface area (Å²) >= 11 is 0. The average Bonchev–Trinajstić information content (AvgIpc) is 2.73. The van der Waals surface area contributed by atoms with Crippen LogP contribution < -0.4 is 10.1 Å². The summed E-state index contributed by atoms with van der Waals surface area (Å²) in [6.45, 7) is 7.49. The van der Waals surface area contributed by atoms with Gasteiger partial charge in [0.15, 0.2) is 5.60 Å². The Morgan fingerprint density at radius 1 is 1.16 bits per heavy atom. The van der Waals surface area contributed by atoms with Crippen molar-refractivity contribution in [2.75, 3.05) is 13.2 Å². The Bertz CT molecular complexity index is 850. The molecule has 31 heavy (non-hydrogen) atoms. The number of carbonyl (C=O) groups excluding carboxylic acids is 1. The van der Waals surface area contributed by atoms with Gasteiger partial charge in [-0.15, -0.1) is 0 Å². The smallest absolute Gasteiger partial charge is 0.349 e. The summed E-state index contributed by atoms with van der Waals surface area (Å²) in [6.07, 6.45) is -0.0135. The van der Waals surface area contributed by atoms with Gasteiger partial charge in [-0.2, -0.15) is 0 Å². The monoisotopic (exact) mass is 431 g/mol. The number of aliphatic hydroxyl groups is 2. The second kappa shape index (κ2) is 11.1. The van der Waals surface area contributed by atoms with Crippen molar-refractivity contribution < 1.29 is 29.6 Å². The van der Waals surface area contributed by atoms with Gasteiger partial charge in [0.2, 0.25) is 0 Å². The number of rotatable bonds is 11. The molecule has 2 atom stereocenters. The number of hydrogen-bond donors (Lipinski definition) is 4. The molecule has 0 aliphatic rings. The molecular formula is C24H33NO6. The molecule has 2 rings (SSSR count). The fraction of sp³-hybridized carbons (Fsp3) is 0.458. The summed E-state index contributed by atoms with van der Waals surface area (Å²) in [5, 5.41) is 32.6. The highest BCUT2D eigenvalue weighted by atomic mass is 16.6. The van der Waals surface area contributed by atoms with E-state index >= 15 is 0 Å². The molecule has 0 aromatic heterocycles. The van der Waals surface area contributed by atoms with E-state index in [9.17, 15) is 20.1 Å². The Morgan fingerprint density at radius 3 is 2.45 bits per heavy atom. The Morgan fingerprint density at radius 2 is 1.84 bits per heavy atom. The van der Waals surface area contributed by atoms with Gasteiger partial charge in [0.25, 0.3) is 0 Å². The zero-order chi connectivity index (χ0) is 23.0. The van der Waals surface area contributed by atoms with Crippen LogP contribution in [0.4, 0.5) is 0 Å². The maximum Gasteiger partial charge on any atom is 0.349 e. The standard InChI is InChI=1S/C24H33NO6/c1-5-30-23(29)24(3,4)31-20-9-6-17(7-10-20)12-16(2)25-14-22(28)18-8-11-21(27)19(13-18)15-26/h6-11,13,16,22,25-28H,5,12,14-15H2,1-4H3. The molecule has 0 saturated carbocycles. The molecule has 2 unspecified atom stereocenters. The maximum absolute atomic E-state index is 12.0. The lowest BCUT2D eigenvalue weighted by molar-refractivity contribution is -0.158. The molecule has 0 spiro atoms. The number of phenols is 1. The normalized spacial score (nSPS) is 13.5. The van der Waals surface area contributed by atoms with Crippen LogP contribution in [0.15, 0.2) is 42.5 Å². The van der Waals surface area contributed by atoms with Gasteiger partial charge in [0.1, 0.15) is 11.5 Å². The zero-order valence-corrected chi connectivity index (χ0v) is 18.6. The molecule has 2 aromatic carbocycles. The van der Waals surface area contributed by atoms with Crippen LogP contribution in [0.5, 0.6) is 11.5 Å². The van der Waals surface area contributed by atoms with Crippen LogP contribution in [0.2, 0.25) is 0 Å². The fourth-order valence-corrected chi connectivity index (χ4v) is 3.13. The van der Waals surface area contributed by atoms with Crippen molar-refractivity contribution in [3.63, 3.8) is 0 Å². The molecule has 0 bridgehead atoms. The second-order valence-corrected chi connectivity index (χ2v) is 8.05. The molecule has 0 saturated heterocycles. The van der Waals surface area contributed by atoms with E-state index in [-0.39, 0.29) is 18.4 Å². The topological polar surface area (TPSA) is 108 Å². The van der Waals surface area contributed by atoms with Gasteiger partial charge in [-0.3, -0.25) is 0 Å². The van der Waals surface area contributed by atoms with E-state index in [0.29, 0.717) is 30.0 Å². The van der Waals surface area contributed by atoms with Crippen LogP contribution in [-0.4, -0.2) is 46.1 Å². The lowest BCUT2D eigenvalue weighted by atomic mass is 10.0. The molecule has 0 fully saturated rings. The van der Waals surface area contributed by atoms with Gasteiger partial charge in [0, 0.05) is 18.2 Å². The van der Waals surface area contributed by atoms with Crippen LogP contribution in [0.3, 0.4) is 0 Å². The number of hydrogen-bond acceptors (Lipinski definition) is 7. The Labute approximate surface area is 183 Å². The van der Waals surface area contributed by atoms with E-state index in [4.69, 9.17) is 9.47 Å². The van der Waals surface area contributed by atoms with Gasteiger partial charge in [0.05, 0.1) is 19.3 Å². The first-order valence-corrected chi connectivity index (χ1v) is 10.5. The summed E-state index contributed by atoms with van der Waals surface area (Å²) in [7, 11) is 0. The van der Waals surface area contributed by atoms with Crippen molar-refractivity contribution in [3.8, 4) is 11.5 Å². The zero-order valence-electron chi connectivity index (χ0n) is 18.6. The minimum absolute atomic E-state index is 0.0119. The van der Waals surface area contributed by atoms with E-state index in [2.05, 4.69) is 5.32 Å². The van der Waals surface area contributed by atoms with Gasteiger partial charge < -0.3 is 30.1 Å². The summed E-state index contributed by atoms with van der Waals surface area (Å²) in [5.41, 5.74) is 1.04. The molecule has 0 aliphatic carbocycles. The number of aromatic hydroxyl groups is 1. The molecule has 7 heteroatoms. The highest BCUT2D eigenvalue weighted by Crippen LogP contribution is 2.23. The summed E-state index contributed by atoms with van der Waals surface area (Å²) < 4.78 is 10.8. The quantitative estimate of drug-likeness (QED) is 0.405. The predicted molar refractivity (Wildman–Crippen MR) is 118 cm³/mol. The van der Waals surface area contributed by atoms with E-state index < -0.39 is 17.7 Å². The number of ether oxygens (including phenoxy) is 2. The van der Waals surface area contributed by atoms with Gasteiger partial charge in [-0.25, -0.2) is 4.79 Å². The molecule has 0 heterocycles. The van der Waals surface area contributed by atoms with Crippen molar-refractivity contribution in [1.82, 2.24) is 5.32 Å². The van der Waals surface area contributed by atoms with Crippen molar-refractivity contribution in [3.05, 3.63) is 59.2 Å². The van der Waals surface area contributed by atoms with Crippen molar-refractivity contribution in [2.24, 2.45) is 0 Å². The highest BCUT2D eigenvalue weighted by Gasteiger charge is 2.31. The van der Waals surface area contributed by atoms with Crippen LogP contribution in [0.1, 0.15) is 50.5 Å². The average molecular weight is 432 g/mol. The molecule has 0 radical (unpaired) electrons. The van der Waals surface area contributed by atoms with Gasteiger partial charge >= 0.3 is 5.97 Å². The third-order valence-electron chi connectivity index (χ3n) is 4.92. The number of carbonyl (C=O) groups is 1. The van der Waals surface area contributed by atoms with Crippen LogP contribution in [-0.2, 0) is 22.6 Å². The van der Waals surface area contributed by atoms with E-state index in [1.165, 1.54) is 6.07 Å². The number of aliphatic hydroxyl groups excluding tert-OH is 2. The molecule has 170 valence electrons. The highest BCUT2D eigenvalue weighted by molar-refractivity contribution is 5.79. The van der Waals surface area contributed by atoms with Crippen LogP contribution >= 0.6 is 0 Å². The van der Waals surface area contributed by atoms with Crippen molar-refractivity contribution >= 4 is 5.97 Å². The third-order valence-corrected chi connectivity index (χ3v) is 4.92. The first kappa shape index (κ1) is 24.7. The SMILES string of the molecule is CCOC(=O)C(C)(C)Oc1ccc(CC(C)NCC(O)c2ccc(O)c(CO)c2)cc1. The molecule has 0 aliphatic heterocycles. The minimum atomic E-state index is -1.06. The Kier molecular flexibility index (Phi) is 8.86. The molecule has 7 nitrogen and oxygen atoms in total. The minimum Gasteiger partial charge on any atom is -0.508 e. The van der Waals surface area contributed by atoms with Crippen LogP contribution in [0.25, 0.3) is 0 Å². The largest absolute Gasteiger partial charge is 0.508 e. The molecule has 4 N–H and O–H groups in total. The summed E-state index contributed by atoms with van der Waals surface area (Å²) in [6, 6.07) is 12.4. The van der Waals surface area contributed by atoms with Crippen molar-refractivity contribution in [2.45, 2.75) is 58.5 Å². The predicted octanol–water partition coefficient (Wildman–Crippen LogP) is 2.86. The van der Waals surface area contributed by atoms with Crippen LogP contribution in [0, 0.1) is 0 Å². The van der Waals surface area contributed by atoms with Gasteiger partial charge in [-0.1, -0.05) is 18.2 Å². The Balaban J connectivity index is 1.87. The van der Waals surface area contributed by atoms with E-state index in [0.717, 1.165) is 12.0 Å².